The van der Waals surface area contributed by atoms with Gasteiger partial charge < -0.3 is 14.4 Å². The van der Waals surface area contributed by atoms with E-state index >= 15 is 0 Å². The Morgan fingerprint density at radius 2 is 1.82 bits per heavy atom. The monoisotopic (exact) mass is 562 g/mol. The maximum Gasteiger partial charge on any atom is 0.339 e. The number of aromatic nitrogens is 1. The molecule has 1 aromatic heterocycles. The summed E-state index contributed by atoms with van der Waals surface area (Å²) < 4.78 is 12.8. The second kappa shape index (κ2) is 10.4. The van der Waals surface area contributed by atoms with Gasteiger partial charge in [0.25, 0.3) is 0 Å². The molecule has 2 heterocycles. The lowest BCUT2D eigenvalue weighted by molar-refractivity contribution is -0.166. The zero-order valence-electron chi connectivity index (χ0n) is 22.9. The summed E-state index contributed by atoms with van der Waals surface area (Å²) in [5.74, 6) is -0.345. The number of nitrogens with zero attached hydrogens (tertiary/aromatic N) is 2. The number of likely N-dealkylation sites (N-methyl/N-ethyl adjacent to an activating group) is 1. The van der Waals surface area contributed by atoms with Crippen LogP contribution in [0.2, 0.25) is 5.02 Å². The minimum absolute atomic E-state index is 0.0839. The summed E-state index contributed by atoms with van der Waals surface area (Å²) in [5, 5.41) is 1.46. The van der Waals surface area contributed by atoms with Gasteiger partial charge in [-0.3, -0.25) is 4.79 Å². The normalized spacial score (nSPS) is 14.1. The summed E-state index contributed by atoms with van der Waals surface area (Å²) in [6, 6.07) is 15.6. The quantitative estimate of drug-likeness (QED) is 0.227. The van der Waals surface area contributed by atoms with Crippen molar-refractivity contribution in [1.82, 2.24) is 4.98 Å². The summed E-state index contributed by atoms with van der Waals surface area (Å²) in [6.07, 6.45) is -0.540. The summed E-state index contributed by atoms with van der Waals surface area (Å²) in [4.78, 5) is 32.3. The topological polar surface area (TPSA) is 68.7 Å². The van der Waals surface area contributed by atoms with Crippen molar-refractivity contribution in [3.8, 4) is 21.7 Å². The molecule has 0 radical (unpaired) electrons. The third kappa shape index (κ3) is 5.31. The van der Waals surface area contributed by atoms with Crippen LogP contribution in [0.15, 0.2) is 48.5 Å². The van der Waals surface area contributed by atoms with E-state index in [0.29, 0.717) is 11.4 Å². The van der Waals surface area contributed by atoms with E-state index in [4.69, 9.17) is 26.1 Å². The molecule has 0 saturated carbocycles. The highest BCUT2D eigenvalue weighted by Crippen LogP contribution is 2.45. The van der Waals surface area contributed by atoms with Gasteiger partial charge in [0.15, 0.2) is 6.10 Å². The average molecular weight is 563 g/mol. The van der Waals surface area contributed by atoms with Crippen LogP contribution in [0.5, 0.6) is 0 Å². The number of rotatable bonds is 6. The molecule has 0 aliphatic carbocycles. The number of carbonyl (C=O) groups is 2. The Bertz CT molecular complexity index is 1590. The van der Waals surface area contributed by atoms with E-state index < -0.39 is 17.7 Å². The predicted octanol–water partition coefficient (Wildman–Crippen LogP) is 7.53. The van der Waals surface area contributed by atoms with E-state index in [0.717, 1.165) is 54.3 Å². The van der Waals surface area contributed by atoms with Crippen LogP contribution in [-0.4, -0.2) is 36.1 Å². The first-order valence-electron chi connectivity index (χ1n) is 12.9. The number of halogens is 1. The zero-order valence-corrected chi connectivity index (χ0v) is 24.5. The lowest BCUT2D eigenvalue weighted by atomic mass is 9.91. The highest BCUT2D eigenvalue weighted by atomic mass is 35.5. The Labute approximate surface area is 237 Å². The number of anilines is 1. The first-order valence-corrected chi connectivity index (χ1v) is 14.1. The van der Waals surface area contributed by atoms with E-state index in [1.807, 2.05) is 76.2 Å². The van der Waals surface area contributed by atoms with Crippen LogP contribution in [0.1, 0.15) is 50.5 Å². The fourth-order valence-corrected chi connectivity index (χ4v) is 6.22. The maximum absolute atomic E-state index is 13.3. The number of benzene rings is 3. The molecule has 8 heteroatoms. The second-order valence-corrected chi connectivity index (χ2v) is 12.1. The van der Waals surface area contributed by atoms with Gasteiger partial charge in [0, 0.05) is 34.4 Å². The number of aryl methyl sites for hydroxylation is 1. The van der Waals surface area contributed by atoms with Crippen molar-refractivity contribution in [2.45, 2.75) is 52.7 Å². The van der Waals surface area contributed by atoms with E-state index in [9.17, 15) is 9.59 Å². The van der Waals surface area contributed by atoms with Gasteiger partial charge in [-0.15, -0.1) is 11.3 Å². The van der Waals surface area contributed by atoms with E-state index in [1.54, 1.807) is 30.2 Å². The van der Waals surface area contributed by atoms with Crippen molar-refractivity contribution in [1.29, 1.82) is 0 Å². The highest BCUT2D eigenvalue weighted by molar-refractivity contribution is 7.22. The van der Waals surface area contributed by atoms with Crippen LogP contribution < -0.4 is 4.90 Å². The zero-order chi connectivity index (χ0) is 28.1. The first-order chi connectivity index (χ1) is 18.5. The number of thiazole rings is 1. The number of carbonyl (C=O) groups excluding carboxylic acids is 2. The molecule has 0 fully saturated rings. The standard InChI is InChI=1S/C31H31ClN2O4S/c1-7-37-30(36)27(38-31(3,4)5)25-17(2)14-22-28(26(25)18-8-11-21(32)12-9-18)39-29(33-22)19-10-13-23-20(15-19)16-24(35)34(23)6/h8-15,27H,7,16H2,1-6H3. The number of esters is 1. The van der Waals surface area contributed by atoms with Gasteiger partial charge in [-0.05, 0) is 87.7 Å². The Hall–Kier alpha value is -3.26. The van der Waals surface area contributed by atoms with Crippen molar-refractivity contribution < 1.29 is 19.1 Å². The number of amides is 1. The summed E-state index contributed by atoms with van der Waals surface area (Å²) >= 11 is 7.80. The Kier molecular flexibility index (Phi) is 7.27. The predicted molar refractivity (Wildman–Crippen MR) is 158 cm³/mol. The van der Waals surface area contributed by atoms with Gasteiger partial charge in [-0.2, -0.15) is 0 Å². The number of hydrogen-bond acceptors (Lipinski definition) is 6. The van der Waals surface area contributed by atoms with Gasteiger partial charge in [-0.25, -0.2) is 9.78 Å². The molecule has 6 nitrogen and oxygen atoms in total. The SMILES string of the molecule is CCOC(=O)C(OC(C)(C)C)c1c(C)cc2nc(-c3ccc4c(c3)CC(=O)N4C)sc2c1-c1ccc(Cl)cc1. The van der Waals surface area contributed by atoms with Crippen LogP contribution in [-0.2, 0) is 25.5 Å². The molecule has 1 aliphatic heterocycles. The average Bonchev–Trinajstić information content (AvgIpc) is 3.42. The number of ether oxygens (including phenoxy) is 2. The third-order valence-corrected chi connectivity index (χ3v) is 8.09. The smallest absolute Gasteiger partial charge is 0.339 e. The molecule has 0 N–H and O–H groups in total. The second-order valence-electron chi connectivity index (χ2n) is 10.7. The molecule has 1 unspecified atom stereocenters. The molecule has 4 aromatic rings. The first kappa shape index (κ1) is 27.3. The molecule has 0 saturated heterocycles. The lowest BCUT2D eigenvalue weighted by Gasteiger charge is -2.29. The lowest BCUT2D eigenvalue weighted by Crippen LogP contribution is -2.29. The fraction of sp³-hybridized carbons (Fsp3) is 0.323. The van der Waals surface area contributed by atoms with Gasteiger partial charge in [0.2, 0.25) is 5.91 Å². The van der Waals surface area contributed by atoms with Crippen LogP contribution in [0.3, 0.4) is 0 Å². The highest BCUT2D eigenvalue weighted by Gasteiger charge is 2.33. The molecule has 3 aromatic carbocycles. The van der Waals surface area contributed by atoms with Crippen molar-refractivity contribution in [3.05, 3.63) is 70.2 Å². The third-order valence-electron chi connectivity index (χ3n) is 6.70. The molecule has 1 aliphatic rings. The molecular formula is C31H31ClN2O4S. The van der Waals surface area contributed by atoms with Gasteiger partial charge >= 0.3 is 5.97 Å². The van der Waals surface area contributed by atoms with Crippen molar-refractivity contribution >= 4 is 50.7 Å². The molecule has 5 rings (SSSR count). The molecular weight excluding hydrogens is 532 g/mol. The van der Waals surface area contributed by atoms with E-state index in [1.165, 1.54) is 0 Å². The largest absolute Gasteiger partial charge is 0.464 e. The van der Waals surface area contributed by atoms with Crippen LogP contribution in [0.4, 0.5) is 5.69 Å². The van der Waals surface area contributed by atoms with Gasteiger partial charge in [0.1, 0.15) is 5.01 Å². The van der Waals surface area contributed by atoms with E-state index in [-0.39, 0.29) is 12.5 Å². The van der Waals surface area contributed by atoms with Crippen LogP contribution in [0.25, 0.3) is 31.9 Å². The van der Waals surface area contributed by atoms with Gasteiger partial charge in [-0.1, -0.05) is 23.7 Å². The van der Waals surface area contributed by atoms with Gasteiger partial charge in [0.05, 0.1) is 28.8 Å². The van der Waals surface area contributed by atoms with Crippen LogP contribution in [0, 0.1) is 6.92 Å². The van der Waals surface area contributed by atoms with Crippen molar-refractivity contribution in [3.63, 3.8) is 0 Å². The fourth-order valence-electron chi connectivity index (χ4n) is 4.98. The molecule has 0 bridgehead atoms. The van der Waals surface area contributed by atoms with Crippen molar-refractivity contribution in [2.24, 2.45) is 0 Å². The minimum Gasteiger partial charge on any atom is -0.464 e. The number of hydrogen-bond donors (Lipinski definition) is 0. The van der Waals surface area contributed by atoms with Crippen LogP contribution >= 0.6 is 22.9 Å². The summed E-state index contributed by atoms with van der Waals surface area (Å²) in [7, 11) is 1.80. The van der Waals surface area contributed by atoms with E-state index in [2.05, 4.69) is 0 Å². The minimum atomic E-state index is -0.924. The maximum atomic E-state index is 13.3. The number of fused-ring (bicyclic) bond motifs is 2. The molecule has 202 valence electrons. The Morgan fingerprint density at radius 1 is 1.13 bits per heavy atom. The Balaban J connectivity index is 1.74. The van der Waals surface area contributed by atoms with Crippen molar-refractivity contribution in [2.75, 3.05) is 18.6 Å². The summed E-state index contributed by atoms with van der Waals surface area (Å²) in [5.41, 5.74) is 6.54. The molecule has 39 heavy (non-hydrogen) atoms. The molecule has 0 spiro atoms. The molecule has 1 atom stereocenters. The summed E-state index contributed by atoms with van der Waals surface area (Å²) in [6.45, 7) is 9.80. The Morgan fingerprint density at radius 3 is 2.49 bits per heavy atom. The molecule has 1 amide bonds.